The van der Waals surface area contributed by atoms with E-state index >= 15 is 0 Å². The molecule has 0 aliphatic rings. The molecule has 0 heterocycles. The maximum atomic E-state index is 10.6. The van der Waals surface area contributed by atoms with Gasteiger partial charge in [-0.15, -0.1) is 0 Å². The van der Waals surface area contributed by atoms with Crippen molar-refractivity contribution in [2.75, 3.05) is 13.1 Å². The molecule has 0 saturated heterocycles. The third kappa shape index (κ3) is 5.55. The Balaban J connectivity index is 3.98. The van der Waals surface area contributed by atoms with Gasteiger partial charge in [0.05, 0.1) is 12.6 Å². The molecule has 0 aliphatic heterocycles. The second-order valence-corrected chi connectivity index (χ2v) is 3.38. The van der Waals surface area contributed by atoms with Crippen LogP contribution in [0.4, 0.5) is 0 Å². The lowest BCUT2D eigenvalue weighted by molar-refractivity contribution is -0.138. The van der Waals surface area contributed by atoms with E-state index in [-0.39, 0.29) is 12.6 Å². The maximum absolute atomic E-state index is 10.6. The van der Waals surface area contributed by atoms with Crippen LogP contribution >= 0.6 is 0 Å². The van der Waals surface area contributed by atoms with Gasteiger partial charge in [-0.25, -0.2) is 0 Å². The van der Waals surface area contributed by atoms with E-state index in [4.69, 9.17) is 10.4 Å². The summed E-state index contributed by atoms with van der Waals surface area (Å²) in [4.78, 5) is 12.5. The highest BCUT2D eigenvalue weighted by Crippen LogP contribution is 2.04. The fraction of sp³-hybridized carbons (Fsp3) is 0.800. The van der Waals surface area contributed by atoms with Crippen LogP contribution in [0.15, 0.2) is 0 Å². The smallest absolute Gasteiger partial charge is 0.317 e. The number of nitrogens with zero attached hydrogens (tertiary/aromatic N) is 2. The number of carboxylic acid groups (broad SMARTS) is 1. The summed E-state index contributed by atoms with van der Waals surface area (Å²) >= 11 is 0. The summed E-state index contributed by atoms with van der Waals surface area (Å²) in [7, 11) is 0. The fourth-order valence-corrected chi connectivity index (χ4v) is 1.25. The van der Waals surface area contributed by atoms with Gasteiger partial charge < -0.3 is 5.11 Å². The quantitative estimate of drug-likeness (QED) is 0.629. The molecule has 0 bridgehead atoms. The van der Waals surface area contributed by atoms with Gasteiger partial charge in [-0.05, 0) is 26.3 Å². The maximum Gasteiger partial charge on any atom is 0.317 e. The number of hydrogen-bond acceptors (Lipinski definition) is 3. The van der Waals surface area contributed by atoms with Crippen LogP contribution in [-0.2, 0) is 4.79 Å². The predicted octanol–water partition coefficient (Wildman–Crippen LogP) is 1.48. The van der Waals surface area contributed by atoms with Crippen molar-refractivity contribution in [1.29, 1.82) is 5.26 Å². The van der Waals surface area contributed by atoms with Gasteiger partial charge in [0.25, 0.3) is 0 Å². The molecule has 80 valence electrons. The molecule has 4 nitrogen and oxygen atoms in total. The van der Waals surface area contributed by atoms with Crippen LogP contribution < -0.4 is 0 Å². The molecule has 0 spiro atoms. The number of unbranched alkanes of at least 4 members (excludes halogenated alkanes) is 1. The zero-order valence-corrected chi connectivity index (χ0v) is 8.86. The van der Waals surface area contributed by atoms with E-state index in [9.17, 15) is 4.79 Å². The Morgan fingerprint density at radius 2 is 2.29 bits per heavy atom. The van der Waals surface area contributed by atoms with Crippen LogP contribution in [0.25, 0.3) is 0 Å². The molecule has 1 N–H and O–H groups in total. The van der Waals surface area contributed by atoms with Gasteiger partial charge >= 0.3 is 5.97 Å². The van der Waals surface area contributed by atoms with Crippen molar-refractivity contribution in [3.05, 3.63) is 0 Å². The lowest BCUT2D eigenvalue weighted by Crippen LogP contribution is -2.37. The second-order valence-electron chi connectivity index (χ2n) is 3.38. The summed E-state index contributed by atoms with van der Waals surface area (Å²) in [5.41, 5.74) is 0. The van der Waals surface area contributed by atoms with E-state index in [2.05, 4.69) is 6.07 Å². The minimum atomic E-state index is -0.803. The normalized spacial score (nSPS) is 12.4. The lowest BCUT2D eigenvalue weighted by atomic mass is 10.2. The highest BCUT2D eigenvalue weighted by Gasteiger charge is 2.14. The number of rotatable bonds is 7. The van der Waals surface area contributed by atoms with Crippen molar-refractivity contribution in [3.8, 4) is 6.07 Å². The summed E-state index contributed by atoms with van der Waals surface area (Å²) in [6.45, 7) is 4.80. The average molecular weight is 198 g/mol. The third-order valence-corrected chi connectivity index (χ3v) is 2.29. The van der Waals surface area contributed by atoms with Gasteiger partial charge in [0, 0.05) is 12.5 Å². The zero-order valence-electron chi connectivity index (χ0n) is 8.86. The standard InChI is InChI=1S/C10H18N2O2/c1-3-9(2)12(8-10(13)14)7-5-4-6-11/h9H,3-5,7-8H2,1-2H3,(H,13,14). The number of carbonyl (C=O) groups is 1. The SMILES string of the molecule is CCC(C)N(CCCC#N)CC(=O)O. The molecule has 0 aromatic heterocycles. The van der Waals surface area contributed by atoms with Crippen LogP contribution in [0.5, 0.6) is 0 Å². The number of aliphatic carboxylic acids is 1. The monoisotopic (exact) mass is 198 g/mol. The fourth-order valence-electron chi connectivity index (χ4n) is 1.25. The van der Waals surface area contributed by atoms with Crippen LogP contribution in [-0.4, -0.2) is 35.1 Å². The molecule has 4 heteroatoms. The van der Waals surface area contributed by atoms with Crippen molar-refractivity contribution in [1.82, 2.24) is 4.90 Å². The Labute approximate surface area is 85.1 Å². The Morgan fingerprint density at radius 1 is 1.64 bits per heavy atom. The molecular formula is C10H18N2O2. The molecule has 0 aliphatic carbocycles. The van der Waals surface area contributed by atoms with E-state index < -0.39 is 5.97 Å². The minimum absolute atomic E-state index is 0.0699. The van der Waals surface area contributed by atoms with E-state index in [1.165, 1.54) is 0 Å². The third-order valence-electron chi connectivity index (χ3n) is 2.29. The van der Waals surface area contributed by atoms with Crippen LogP contribution in [0.3, 0.4) is 0 Å². The van der Waals surface area contributed by atoms with E-state index in [0.29, 0.717) is 13.0 Å². The summed E-state index contributed by atoms with van der Waals surface area (Å²) in [6, 6.07) is 2.33. The summed E-state index contributed by atoms with van der Waals surface area (Å²) in [6.07, 6.45) is 2.17. The average Bonchev–Trinajstić information content (AvgIpc) is 2.15. The molecule has 0 aromatic carbocycles. The Bertz CT molecular complexity index is 211. The first-order valence-electron chi connectivity index (χ1n) is 4.94. The lowest BCUT2D eigenvalue weighted by Gasteiger charge is -2.26. The van der Waals surface area contributed by atoms with Crippen LogP contribution in [0.2, 0.25) is 0 Å². The molecular weight excluding hydrogens is 180 g/mol. The summed E-state index contributed by atoms with van der Waals surface area (Å²) < 4.78 is 0. The first-order chi connectivity index (χ1) is 6.61. The van der Waals surface area contributed by atoms with Crippen molar-refractivity contribution in [2.24, 2.45) is 0 Å². The number of nitriles is 1. The molecule has 0 amide bonds. The Hall–Kier alpha value is -1.08. The molecule has 0 saturated carbocycles. The van der Waals surface area contributed by atoms with Gasteiger partial charge in [0.1, 0.15) is 0 Å². The van der Waals surface area contributed by atoms with Crippen molar-refractivity contribution in [3.63, 3.8) is 0 Å². The first kappa shape index (κ1) is 12.9. The molecule has 1 atom stereocenters. The second kappa shape index (κ2) is 7.34. The van der Waals surface area contributed by atoms with Crippen molar-refractivity contribution >= 4 is 5.97 Å². The van der Waals surface area contributed by atoms with Gasteiger partial charge in [-0.3, -0.25) is 9.69 Å². The topological polar surface area (TPSA) is 64.3 Å². The van der Waals surface area contributed by atoms with Gasteiger partial charge in [0.2, 0.25) is 0 Å². The highest BCUT2D eigenvalue weighted by molar-refractivity contribution is 5.69. The molecule has 14 heavy (non-hydrogen) atoms. The molecule has 1 unspecified atom stereocenters. The van der Waals surface area contributed by atoms with E-state index in [1.54, 1.807) is 0 Å². The largest absolute Gasteiger partial charge is 0.480 e. The minimum Gasteiger partial charge on any atom is -0.480 e. The Morgan fingerprint density at radius 3 is 2.71 bits per heavy atom. The van der Waals surface area contributed by atoms with Crippen LogP contribution in [0, 0.1) is 11.3 Å². The molecule has 0 fully saturated rings. The van der Waals surface area contributed by atoms with Crippen molar-refractivity contribution in [2.45, 2.75) is 39.2 Å². The predicted molar refractivity (Wildman–Crippen MR) is 53.8 cm³/mol. The molecule has 0 rings (SSSR count). The molecule has 0 aromatic rings. The van der Waals surface area contributed by atoms with Gasteiger partial charge in [0.15, 0.2) is 0 Å². The number of carboxylic acids is 1. The zero-order chi connectivity index (χ0) is 11.0. The Kier molecular flexibility index (Phi) is 6.77. The van der Waals surface area contributed by atoms with Crippen molar-refractivity contribution < 1.29 is 9.90 Å². The first-order valence-corrected chi connectivity index (χ1v) is 4.94. The summed E-state index contributed by atoms with van der Waals surface area (Å²) in [5, 5.41) is 17.1. The van der Waals surface area contributed by atoms with Gasteiger partial charge in [-0.2, -0.15) is 5.26 Å². The van der Waals surface area contributed by atoms with E-state index in [0.717, 1.165) is 12.8 Å². The van der Waals surface area contributed by atoms with Gasteiger partial charge in [-0.1, -0.05) is 6.92 Å². The number of hydrogen-bond donors (Lipinski definition) is 1. The highest BCUT2D eigenvalue weighted by atomic mass is 16.4. The molecule has 0 radical (unpaired) electrons. The van der Waals surface area contributed by atoms with Crippen LogP contribution in [0.1, 0.15) is 33.1 Å². The summed E-state index contributed by atoms with van der Waals surface area (Å²) in [5.74, 6) is -0.803. The van der Waals surface area contributed by atoms with E-state index in [1.807, 2.05) is 18.7 Å².